The van der Waals surface area contributed by atoms with Gasteiger partial charge in [0.15, 0.2) is 0 Å². The van der Waals surface area contributed by atoms with Gasteiger partial charge in [0.25, 0.3) is 0 Å². The van der Waals surface area contributed by atoms with Gasteiger partial charge in [-0.05, 0) is 10.5 Å². The Morgan fingerprint density at radius 2 is 2.40 bits per heavy atom. The third-order valence-electron chi connectivity index (χ3n) is 0.848. The standard InChI is InChI=1S/C4H5N3O2S/c8-10(9)6-7-3-1-2-5-4-7/h1-3H,4H2. The van der Waals surface area contributed by atoms with Gasteiger partial charge in [0.2, 0.25) is 0 Å². The van der Waals surface area contributed by atoms with Gasteiger partial charge in [-0.15, -0.1) is 0 Å². The molecule has 10 heavy (non-hydrogen) atoms. The summed E-state index contributed by atoms with van der Waals surface area (Å²) in [5.41, 5.74) is 0. The zero-order chi connectivity index (χ0) is 7.40. The lowest BCUT2D eigenvalue weighted by Gasteiger charge is -2.08. The number of hydrogen-bond acceptors (Lipinski definition) is 4. The quantitative estimate of drug-likeness (QED) is 0.533. The van der Waals surface area contributed by atoms with Gasteiger partial charge in [-0.1, -0.05) is 0 Å². The van der Waals surface area contributed by atoms with E-state index in [1.165, 1.54) is 11.2 Å². The minimum Gasteiger partial charge on any atom is -0.270 e. The first kappa shape index (κ1) is 6.94. The molecular formula is C4H5N3O2S. The van der Waals surface area contributed by atoms with Crippen molar-refractivity contribution < 1.29 is 8.42 Å². The minimum absolute atomic E-state index is 0.268. The Bertz CT molecular complexity index is 282. The van der Waals surface area contributed by atoms with Crippen molar-refractivity contribution in [3.63, 3.8) is 0 Å². The van der Waals surface area contributed by atoms with Crippen molar-refractivity contribution >= 4 is 16.7 Å². The molecule has 0 saturated carbocycles. The molecule has 1 heterocycles. The van der Waals surface area contributed by atoms with Gasteiger partial charge in [0, 0.05) is 12.4 Å². The lowest BCUT2D eigenvalue weighted by Crippen LogP contribution is -2.11. The molecule has 0 fully saturated rings. The fourth-order valence-electron chi connectivity index (χ4n) is 0.515. The van der Waals surface area contributed by atoms with Crippen LogP contribution in [0.15, 0.2) is 21.7 Å². The van der Waals surface area contributed by atoms with Crippen LogP contribution in [-0.2, 0) is 10.5 Å². The lowest BCUT2D eigenvalue weighted by atomic mass is 10.6. The number of hydrogen-bond donors (Lipinski definition) is 0. The van der Waals surface area contributed by atoms with Crippen LogP contribution in [0.2, 0.25) is 0 Å². The molecule has 0 bridgehead atoms. The molecule has 0 radical (unpaired) electrons. The predicted molar refractivity (Wildman–Crippen MR) is 35.7 cm³/mol. The summed E-state index contributed by atoms with van der Waals surface area (Å²) in [7, 11) is -2.39. The highest BCUT2D eigenvalue weighted by Gasteiger charge is 1.95. The van der Waals surface area contributed by atoms with Crippen molar-refractivity contribution in [2.75, 3.05) is 6.67 Å². The monoisotopic (exact) mass is 159 g/mol. The molecule has 0 aromatic heterocycles. The Kier molecular flexibility index (Phi) is 2.16. The van der Waals surface area contributed by atoms with Gasteiger partial charge in [-0.25, -0.2) is 5.01 Å². The lowest BCUT2D eigenvalue weighted by molar-refractivity contribution is 0.413. The molecule has 0 saturated heterocycles. The number of aliphatic imine (C=N–C) groups is 1. The maximum absolute atomic E-state index is 9.97. The molecule has 0 aromatic carbocycles. The van der Waals surface area contributed by atoms with Crippen molar-refractivity contribution in [1.29, 1.82) is 0 Å². The molecule has 54 valence electrons. The van der Waals surface area contributed by atoms with Crippen LogP contribution >= 0.6 is 0 Å². The van der Waals surface area contributed by atoms with Crippen molar-refractivity contribution in [2.45, 2.75) is 0 Å². The van der Waals surface area contributed by atoms with Crippen LogP contribution in [0.25, 0.3) is 0 Å². The first-order valence-corrected chi connectivity index (χ1v) is 3.56. The van der Waals surface area contributed by atoms with Crippen LogP contribution in [0.4, 0.5) is 0 Å². The van der Waals surface area contributed by atoms with Crippen LogP contribution in [0.5, 0.6) is 0 Å². The maximum Gasteiger partial charge on any atom is 0.333 e. The van der Waals surface area contributed by atoms with Gasteiger partial charge >= 0.3 is 10.5 Å². The zero-order valence-corrected chi connectivity index (χ0v) is 5.82. The van der Waals surface area contributed by atoms with Gasteiger partial charge in [-0.3, -0.25) is 4.99 Å². The number of nitrogens with zero attached hydrogens (tertiary/aromatic N) is 3. The third-order valence-corrected chi connectivity index (χ3v) is 1.19. The average Bonchev–Trinajstić information content (AvgIpc) is 1.88. The second-order valence-electron chi connectivity index (χ2n) is 1.55. The normalized spacial score (nSPS) is 15.4. The molecule has 0 spiro atoms. The van der Waals surface area contributed by atoms with Gasteiger partial charge in [0.1, 0.15) is 6.67 Å². The zero-order valence-electron chi connectivity index (χ0n) is 5.01. The molecule has 5 nitrogen and oxygen atoms in total. The summed E-state index contributed by atoms with van der Waals surface area (Å²) < 4.78 is 23.1. The van der Waals surface area contributed by atoms with Crippen molar-refractivity contribution in [2.24, 2.45) is 9.46 Å². The van der Waals surface area contributed by atoms with Crippen molar-refractivity contribution in [1.82, 2.24) is 5.01 Å². The van der Waals surface area contributed by atoms with Crippen molar-refractivity contribution in [3.05, 3.63) is 12.3 Å². The fraction of sp³-hybridized carbons (Fsp3) is 0.250. The summed E-state index contributed by atoms with van der Waals surface area (Å²) in [5, 5.41) is 1.23. The summed E-state index contributed by atoms with van der Waals surface area (Å²) in [6, 6.07) is 0. The Labute approximate surface area is 59.4 Å². The first-order chi connectivity index (χ1) is 4.79. The van der Waals surface area contributed by atoms with E-state index in [1.54, 1.807) is 12.3 Å². The second-order valence-corrected chi connectivity index (χ2v) is 2.15. The Morgan fingerprint density at radius 3 is 2.90 bits per heavy atom. The van der Waals surface area contributed by atoms with E-state index in [0.29, 0.717) is 0 Å². The molecule has 6 heteroatoms. The van der Waals surface area contributed by atoms with Crippen LogP contribution in [0.1, 0.15) is 0 Å². The average molecular weight is 159 g/mol. The summed E-state index contributed by atoms with van der Waals surface area (Å²) in [5.74, 6) is 0. The Balaban J connectivity index is 2.70. The molecule has 1 aliphatic rings. The van der Waals surface area contributed by atoms with E-state index < -0.39 is 10.5 Å². The maximum atomic E-state index is 9.97. The molecule has 1 aliphatic heterocycles. The molecule has 0 aromatic rings. The molecule has 0 amide bonds. The second kappa shape index (κ2) is 3.11. The van der Waals surface area contributed by atoms with Gasteiger partial charge < -0.3 is 0 Å². The number of allylic oxidation sites excluding steroid dienone is 1. The van der Waals surface area contributed by atoms with Crippen LogP contribution in [0, 0.1) is 0 Å². The van der Waals surface area contributed by atoms with E-state index in [0.717, 1.165) is 0 Å². The molecule has 1 rings (SSSR count). The third kappa shape index (κ3) is 1.98. The number of rotatable bonds is 1. The first-order valence-electron chi connectivity index (χ1n) is 2.53. The Hall–Kier alpha value is -1.17. The summed E-state index contributed by atoms with van der Waals surface area (Å²) in [6.07, 6.45) is 4.72. The van der Waals surface area contributed by atoms with E-state index >= 15 is 0 Å². The molecule has 0 aliphatic carbocycles. The summed E-state index contributed by atoms with van der Waals surface area (Å²) in [6.45, 7) is 0.268. The van der Waals surface area contributed by atoms with Crippen LogP contribution in [-0.4, -0.2) is 26.3 Å². The Morgan fingerprint density at radius 1 is 1.60 bits per heavy atom. The van der Waals surface area contributed by atoms with E-state index in [9.17, 15) is 8.42 Å². The van der Waals surface area contributed by atoms with Crippen LogP contribution < -0.4 is 0 Å². The highest BCUT2D eigenvalue weighted by molar-refractivity contribution is 7.61. The minimum atomic E-state index is -2.39. The summed E-state index contributed by atoms with van der Waals surface area (Å²) in [4.78, 5) is 3.76. The summed E-state index contributed by atoms with van der Waals surface area (Å²) >= 11 is 0. The topological polar surface area (TPSA) is 62.1 Å². The molecule has 0 N–H and O–H groups in total. The van der Waals surface area contributed by atoms with E-state index in [2.05, 4.69) is 9.46 Å². The van der Waals surface area contributed by atoms with E-state index in [1.807, 2.05) is 0 Å². The van der Waals surface area contributed by atoms with Gasteiger partial charge in [-0.2, -0.15) is 8.42 Å². The fourth-order valence-corrected chi connectivity index (χ4v) is 0.793. The van der Waals surface area contributed by atoms with E-state index in [4.69, 9.17) is 0 Å². The highest BCUT2D eigenvalue weighted by Crippen LogP contribution is 1.94. The van der Waals surface area contributed by atoms with Gasteiger partial charge in [0.05, 0.1) is 0 Å². The highest BCUT2D eigenvalue weighted by atomic mass is 32.2. The SMILES string of the molecule is O=S(=O)=NN1C=CC=NC1. The smallest absolute Gasteiger partial charge is 0.270 e. The van der Waals surface area contributed by atoms with E-state index in [-0.39, 0.29) is 6.67 Å². The van der Waals surface area contributed by atoms with Crippen LogP contribution in [0.3, 0.4) is 0 Å². The molecule has 0 unspecified atom stereocenters. The molecule has 0 atom stereocenters. The molecular weight excluding hydrogens is 154 g/mol. The van der Waals surface area contributed by atoms with Crippen molar-refractivity contribution in [3.8, 4) is 0 Å². The predicted octanol–water partition coefficient (Wildman–Crippen LogP) is -0.178. The largest absolute Gasteiger partial charge is 0.333 e.